The summed E-state index contributed by atoms with van der Waals surface area (Å²) in [5.41, 5.74) is 6.71. The molecule has 1 aromatic carbocycles. The molecule has 1 unspecified atom stereocenters. The predicted octanol–water partition coefficient (Wildman–Crippen LogP) is 1.57. The fraction of sp³-hybridized carbons (Fsp3) is 0.462. The van der Waals surface area contributed by atoms with Gasteiger partial charge in [-0.3, -0.25) is 0 Å². The van der Waals surface area contributed by atoms with Crippen LogP contribution in [0, 0.1) is 11.2 Å². The van der Waals surface area contributed by atoms with Crippen molar-refractivity contribution in [3.63, 3.8) is 0 Å². The van der Waals surface area contributed by atoms with Crippen molar-refractivity contribution in [3.8, 4) is 5.75 Å². The van der Waals surface area contributed by atoms with Crippen molar-refractivity contribution in [2.45, 2.75) is 19.4 Å². The lowest BCUT2D eigenvalue weighted by atomic mass is 10.1. The molecule has 0 radical (unpaired) electrons. The smallest absolute Gasteiger partial charge is 0.165 e. The Morgan fingerprint density at radius 2 is 2.21 bits per heavy atom. The molecule has 0 heterocycles. The van der Waals surface area contributed by atoms with E-state index in [1.54, 1.807) is 6.92 Å². The lowest BCUT2D eigenvalue weighted by Gasteiger charge is -2.15. The van der Waals surface area contributed by atoms with E-state index in [1.807, 2.05) is 0 Å². The number of hydrogen-bond acceptors (Lipinski definition) is 5. The van der Waals surface area contributed by atoms with Crippen LogP contribution in [0.3, 0.4) is 0 Å². The second-order valence-electron chi connectivity index (χ2n) is 4.05. The quantitative estimate of drug-likeness (QED) is 0.518. The van der Waals surface area contributed by atoms with Gasteiger partial charge >= 0.3 is 0 Å². The maximum absolute atomic E-state index is 13.8. The topological polar surface area (TPSA) is 88.6 Å². The van der Waals surface area contributed by atoms with Gasteiger partial charge in [0.2, 0.25) is 0 Å². The lowest BCUT2D eigenvalue weighted by molar-refractivity contribution is 0.0155. The Morgan fingerprint density at radius 1 is 1.53 bits per heavy atom. The Hall–Kier alpha value is -1.66. The molecule has 19 heavy (non-hydrogen) atoms. The normalized spacial score (nSPS) is 12.2. The molecule has 1 atom stereocenters. The van der Waals surface area contributed by atoms with Crippen LogP contribution in [0.1, 0.15) is 18.9 Å². The van der Waals surface area contributed by atoms with Crippen molar-refractivity contribution in [3.05, 3.63) is 23.5 Å². The summed E-state index contributed by atoms with van der Waals surface area (Å²) in [7, 11) is 1.43. The molecular formula is C13H19FN2O3. The van der Waals surface area contributed by atoms with Crippen LogP contribution in [0.4, 0.5) is 10.1 Å². The van der Waals surface area contributed by atoms with E-state index in [1.165, 1.54) is 19.2 Å². The average molecular weight is 270 g/mol. The first-order chi connectivity index (χ1) is 9.03. The van der Waals surface area contributed by atoms with Crippen LogP contribution in [0.2, 0.25) is 0 Å². The SMILES string of the molecule is CCC(=N)c1cc(F)c(OCC(CO)OC)cc1N. The first-order valence-corrected chi connectivity index (χ1v) is 5.96. The van der Waals surface area contributed by atoms with Crippen molar-refractivity contribution in [1.29, 1.82) is 5.41 Å². The fourth-order valence-electron chi connectivity index (χ4n) is 1.51. The molecule has 0 saturated carbocycles. The number of aliphatic hydroxyl groups excluding tert-OH is 1. The van der Waals surface area contributed by atoms with Crippen molar-refractivity contribution in [2.24, 2.45) is 0 Å². The molecule has 0 bridgehead atoms. The minimum Gasteiger partial charge on any atom is -0.488 e. The molecule has 4 N–H and O–H groups in total. The second kappa shape index (κ2) is 7.06. The molecule has 0 amide bonds. The van der Waals surface area contributed by atoms with Gasteiger partial charge in [0, 0.05) is 30.1 Å². The summed E-state index contributed by atoms with van der Waals surface area (Å²) in [6.07, 6.45) is -0.0469. The summed E-state index contributed by atoms with van der Waals surface area (Å²) >= 11 is 0. The zero-order valence-corrected chi connectivity index (χ0v) is 11.1. The minimum atomic E-state index is -0.588. The van der Waals surface area contributed by atoms with E-state index in [9.17, 15) is 4.39 Å². The number of benzene rings is 1. The van der Waals surface area contributed by atoms with Crippen LogP contribution in [0.15, 0.2) is 12.1 Å². The van der Waals surface area contributed by atoms with Gasteiger partial charge in [0.05, 0.1) is 6.61 Å². The number of ether oxygens (including phenoxy) is 2. The van der Waals surface area contributed by atoms with E-state index in [4.69, 9.17) is 25.7 Å². The van der Waals surface area contributed by atoms with E-state index in [2.05, 4.69) is 0 Å². The molecule has 0 aliphatic carbocycles. The highest BCUT2D eigenvalue weighted by molar-refractivity contribution is 6.02. The summed E-state index contributed by atoms with van der Waals surface area (Å²) < 4.78 is 23.9. The number of rotatable bonds is 7. The summed E-state index contributed by atoms with van der Waals surface area (Å²) in [6.45, 7) is 1.61. The summed E-state index contributed by atoms with van der Waals surface area (Å²) in [5.74, 6) is -0.601. The van der Waals surface area contributed by atoms with Crippen molar-refractivity contribution >= 4 is 11.4 Å². The lowest BCUT2D eigenvalue weighted by Crippen LogP contribution is -2.24. The first kappa shape index (κ1) is 15.4. The number of hydrogen-bond donors (Lipinski definition) is 3. The van der Waals surface area contributed by atoms with Crippen LogP contribution in [-0.2, 0) is 4.74 Å². The van der Waals surface area contributed by atoms with Gasteiger partial charge in [-0.15, -0.1) is 0 Å². The van der Waals surface area contributed by atoms with Crippen LogP contribution in [-0.4, -0.2) is 37.2 Å². The number of methoxy groups -OCH3 is 1. The van der Waals surface area contributed by atoms with Crippen LogP contribution < -0.4 is 10.5 Å². The van der Waals surface area contributed by atoms with Crippen molar-refractivity contribution in [2.75, 3.05) is 26.1 Å². The molecule has 0 aromatic heterocycles. The maximum Gasteiger partial charge on any atom is 0.165 e. The summed E-state index contributed by atoms with van der Waals surface area (Å²) in [5, 5.41) is 16.6. The zero-order chi connectivity index (χ0) is 14.4. The van der Waals surface area contributed by atoms with Gasteiger partial charge in [0.1, 0.15) is 12.7 Å². The average Bonchev–Trinajstić information content (AvgIpc) is 2.42. The highest BCUT2D eigenvalue weighted by atomic mass is 19.1. The van der Waals surface area contributed by atoms with Gasteiger partial charge < -0.3 is 25.7 Å². The molecule has 5 nitrogen and oxygen atoms in total. The van der Waals surface area contributed by atoms with E-state index in [0.717, 1.165) is 0 Å². The number of nitrogens with one attached hydrogen (secondary N) is 1. The van der Waals surface area contributed by atoms with Crippen molar-refractivity contribution in [1.82, 2.24) is 0 Å². The Bertz CT molecular complexity index is 448. The molecule has 6 heteroatoms. The van der Waals surface area contributed by atoms with Crippen LogP contribution in [0.5, 0.6) is 5.75 Å². The monoisotopic (exact) mass is 270 g/mol. The molecule has 0 saturated heterocycles. The molecule has 0 spiro atoms. The highest BCUT2D eigenvalue weighted by Gasteiger charge is 2.13. The van der Waals surface area contributed by atoms with Gasteiger partial charge in [-0.05, 0) is 12.5 Å². The fourth-order valence-corrected chi connectivity index (χ4v) is 1.51. The van der Waals surface area contributed by atoms with Gasteiger partial charge in [0.25, 0.3) is 0 Å². The zero-order valence-electron chi connectivity index (χ0n) is 11.1. The molecule has 0 aliphatic rings. The molecular weight excluding hydrogens is 251 g/mol. The number of anilines is 1. The number of halogens is 1. The van der Waals surface area contributed by atoms with E-state index < -0.39 is 11.9 Å². The Morgan fingerprint density at radius 3 is 2.74 bits per heavy atom. The van der Waals surface area contributed by atoms with Gasteiger partial charge in [-0.1, -0.05) is 6.92 Å². The predicted molar refractivity (Wildman–Crippen MR) is 71.3 cm³/mol. The number of aliphatic hydroxyl groups is 1. The first-order valence-electron chi connectivity index (χ1n) is 5.96. The molecule has 1 rings (SSSR count). The third-order valence-electron chi connectivity index (χ3n) is 2.74. The van der Waals surface area contributed by atoms with Crippen molar-refractivity contribution < 1.29 is 19.0 Å². The number of nitrogens with two attached hydrogens (primary N) is 1. The Kier molecular flexibility index (Phi) is 5.72. The van der Waals surface area contributed by atoms with Gasteiger partial charge in [-0.2, -0.15) is 0 Å². The standard InChI is InChI=1S/C13H19FN2O3/c1-3-11(15)9-4-10(14)13(5-12(9)16)19-7-8(6-17)18-2/h4-5,8,15,17H,3,6-7,16H2,1-2H3. The third kappa shape index (κ3) is 3.90. The van der Waals surface area contributed by atoms with E-state index in [-0.39, 0.29) is 24.7 Å². The van der Waals surface area contributed by atoms with E-state index >= 15 is 0 Å². The maximum atomic E-state index is 13.8. The number of nitrogen functional groups attached to an aromatic ring is 1. The summed E-state index contributed by atoms with van der Waals surface area (Å²) in [4.78, 5) is 0. The molecule has 106 valence electrons. The van der Waals surface area contributed by atoms with E-state index in [0.29, 0.717) is 17.7 Å². The highest BCUT2D eigenvalue weighted by Crippen LogP contribution is 2.25. The summed E-state index contributed by atoms with van der Waals surface area (Å²) in [6, 6.07) is 2.54. The third-order valence-corrected chi connectivity index (χ3v) is 2.74. The molecule has 0 aliphatic heterocycles. The van der Waals surface area contributed by atoms with Crippen LogP contribution >= 0.6 is 0 Å². The Labute approximate surface area is 111 Å². The van der Waals surface area contributed by atoms with Gasteiger partial charge in [-0.25, -0.2) is 4.39 Å². The molecule has 1 aromatic rings. The molecule has 0 fully saturated rings. The largest absolute Gasteiger partial charge is 0.488 e. The minimum absolute atomic E-state index is 0.0133. The van der Waals surface area contributed by atoms with Crippen LogP contribution in [0.25, 0.3) is 0 Å². The van der Waals surface area contributed by atoms with Gasteiger partial charge in [0.15, 0.2) is 11.6 Å². The Balaban J connectivity index is 2.87. The second-order valence-corrected chi connectivity index (χ2v) is 4.05.